The zero-order valence-corrected chi connectivity index (χ0v) is 13.3. The van der Waals surface area contributed by atoms with Gasteiger partial charge in [-0.2, -0.15) is 0 Å². The van der Waals surface area contributed by atoms with Gasteiger partial charge in [0.1, 0.15) is 0 Å². The van der Waals surface area contributed by atoms with Crippen LogP contribution < -0.4 is 4.90 Å². The molecule has 0 fully saturated rings. The van der Waals surface area contributed by atoms with Crippen LogP contribution in [0.15, 0.2) is 0 Å². The van der Waals surface area contributed by atoms with Gasteiger partial charge >= 0.3 is 0 Å². The van der Waals surface area contributed by atoms with Crippen LogP contribution in [0.3, 0.4) is 0 Å². The summed E-state index contributed by atoms with van der Waals surface area (Å²) in [5.74, 6) is 0. The summed E-state index contributed by atoms with van der Waals surface area (Å²) in [7, 11) is 0. The SMILES string of the molecule is CCCN(c1nc(C(C)(C)C)c(CO)s1)C(C)C. The maximum absolute atomic E-state index is 9.50. The van der Waals surface area contributed by atoms with Gasteiger partial charge in [0.15, 0.2) is 5.13 Å². The standard InChI is InChI=1S/C14H26N2OS/c1-7-8-16(10(2)3)13-15-12(14(4,5)6)11(9-17)18-13/h10,17H,7-9H2,1-6H3. The smallest absolute Gasteiger partial charge is 0.186 e. The Morgan fingerprint density at radius 3 is 2.28 bits per heavy atom. The highest BCUT2D eigenvalue weighted by molar-refractivity contribution is 7.15. The molecular weight excluding hydrogens is 244 g/mol. The van der Waals surface area contributed by atoms with Crippen molar-refractivity contribution < 1.29 is 5.11 Å². The summed E-state index contributed by atoms with van der Waals surface area (Å²) in [6, 6.07) is 0.440. The lowest BCUT2D eigenvalue weighted by atomic mass is 9.91. The molecular formula is C14H26N2OS. The molecule has 0 aliphatic heterocycles. The summed E-state index contributed by atoms with van der Waals surface area (Å²) in [5.41, 5.74) is 1.02. The highest BCUT2D eigenvalue weighted by Gasteiger charge is 2.25. The van der Waals surface area contributed by atoms with E-state index in [-0.39, 0.29) is 12.0 Å². The van der Waals surface area contributed by atoms with Gasteiger partial charge in [0.2, 0.25) is 0 Å². The van der Waals surface area contributed by atoms with Gasteiger partial charge in [0.05, 0.1) is 17.2 Å². The molecule has 0 spiro atoms. The molecule has 0 saturated carbocycles. The zero-order chi connectivity index (χ0) is 13.9. The fourth-order valence-electron chi connectivity index (χ4n) is 1.97. The molecule has 1 aromatic rings. The maximum Gasteiger partial charge on any atom is 0.186 e. The van der Waals surface area contributed by atoms with Crippen molar-refractivity contribution in [3.05, 3.63) is 10.6 Å². The maximum atomic E-state index is 9.50. The summed E-state index contributed by atoms with van der Waals surface area (Å²) in [4.78, 5) is 8.09. The van der Waals surface area contributed by atoms with E-state index in [1.165, 1.54) is 0 Å². The number of rotatable bonds is 5. The molecule has 4 heteroatoms. The summed E-state index contributed by atoms with van der Waals surface area (Å²) in [6.07, 6.45) is 1.11. The van der Waals surface area contributed by atoms with Crippen molar-refractivity contribution in [1.82, 2.24) is 4.98 Å². The fourth-order valence-corrected chi connectivity index (χ4v) is 3.26. The fraction of sp³-hybridized carbons (Fsp3) is 0.786. The summed E-state index contributed by atoms with van der Waals surface area (Å²) in [5, 5.41) is 10.5. The molecule has 0 atom stereocenters. The van der Waals surface area contributed by atoms with Crippen molar-refractivity contribution in [1.29, 1.82) is 0 Å². The highest BCUT2D eigenvalue weighted by atomic mass is 32.1. The third kappa shape index (κ3) is 3.45. The third-order valence-electron chi connectivity index (χ3n) is 2.87. The van der Waals surface area contributed by atoms with Crippen LogP contribution >= 0.6 is 11.3 Å². The molecule has 0 radical (unpaired) electrons. The van der Waals surface area contributed by atoms with E-state index in [1.54, 1.807) is 11.3 Å². The van der Waals surface area contributed by atoms with Gasteiger partial charge in [-0.3, -0.25) is 0 Å². The molecule has 0 aromatic carbocycles. The largest absolute Gasteiger partial charge is 0.391 e. The number of anilines is 1. The van der Waals surface area contributed by atoms with E-state index in [0.717, 1.165) is 28.7 Å². The van der Waals surface area contributed by atoms with E-state index in [4.69, 9.17) is 4.98 Å². The van der Waals surface area contributed by atoms with Crippen molar-refractivity contribution in [3.8, 4) is 0 Å². The van der Waals surface area contributed by atoms with E-state index >= 15 is 0 Å². The van der Waals surface area contributed by atoms with Crippen LogP contribution in [0.4, 0.5) is 5.13 Å². The zero-order valence-electron chi connectivity index (χ0n) is 12.4. The van der Waals surface area contributed by atoms with E-state index in [1.807, 2.05) is 0 Å². The minimum atomic E-state index is -0.0122. The van der Waals surface area contributed by atoms with Crippen LogP contribution in [0.5, 0.6) is 0 Å². The second-order valence-corrected chi connectivity index (χ2v) is 7.03. The minimum Gasteiger partial charge on any atom is -0.391 e. The molecule has 1 aromatic heterocycles. The Kier molecular flexibility index (Phi) is 5.17. The predicted octanol–water partition coefficient (Wildman–Crippen LogP) is 3.56. The van der Waals surface area contributed by atoms with Crippen molar-refractivity contribution in [3.63, 3.8) is 0 Å². The van der Waals surface area contributed by atoms with Gasteiger partial charge < -0.3 is 10.0 Å². The van der Waals surface area contributed by atoms with Gasteiger partial charge in [0, 0.05) is 18.0 Å². The lowest BCUT2D eigenvalue weighted by Gasteiger charge is -2.25. The molecule has 0 amide bonds. The first kappa shape index (κ1) is 15.4. The van der Waals surface area contributed by atoms with Gasteiger partial charge in [-0.1, -0.05) is 39.0 Å². The number of thiazole rings is 1. The van der Waals surface area contributed by atoms with Crippen LogP contribution in [-0.4, -0.2) is 22.7 Å². The average molecular weight is 270 g/mol. The normalized spacial score (nSPS) is 12.2. The molecule has 104 valence electrons. The lowest BCUT2D eigenvalue weighted by Crippen LogP contribution is -2.31. The summed E-state index contributed by atoms with van der Waals surface area (Å²) >= 11 is 1.63. The Bertz CT molecular complexity index is 380. The Morgan fingerprint density at radius 1 is 1.33 bits per heavy atom. The first-order chi connectivity index (χ1) is 8.31. The molecule has 18 heavy (non-hydrogen) atoms. The first-order valence-electron chi connectivity index (χ1n) is 6.69. The van der Waals surface area contributed by atoms with E-state index in [9.17, 15) is 5.11 Å². The number of aliphatic hydroxyl groups excluding tert-OH is 1. The molecule has 0 unspecified atom stereocenters. The Labute approximate surface area is 115 Å². The quantitative estimate of drug-likeness (QED) is 0.889. The van der Waals surface area contributed by atoms with Gasteiger partial charge in [-0.15, -0.1) is 0 Å². The van der Waals surface area contributed by atoms with Gasteiger partial charge in [-0.05, 0) is 20.3 Å². The molecule has 0 saturated heterocycles. The lowest BCUT2D eigenvalue weighted by molar-refractivity contribution is 0.282. The number of nitrogens with zero attached hydrogens (tertiary/aromatic N) is 2. The molecule has 1 N–H and O–H groups in total. The molecule has 1 rings (SSSR count). The van der Waals surface area contributed by atoms with Crippen molar-refractivity contribution in [2.24, 2.45) is 0 Å². The van der Waals surface area contributed by atoms with Crippen LogP contribution in [0.1, 0.15) is 58.5 Å². The minimum absolute atomic E-state index is 0.0122. The van der Waals surface area contributed by atoms with Crippen LogP contribution in [0.2, 0.25) is 0 Å². The van der Waals surface area contributed by atoms with Crippen molar-refractivity contribution in [2.45, 2.75) is 66.0 Å². The molecule has 0 bridgehead atoms. The Morgan fingerprint density at radius 2 is 1.94 bits per heavy atom. The monoisotopic (exact) mass is 270 g/mol. The highest BCUT2D eigenvalue weighted by Crippen LogP contribution is 2.34. The second-order valence-electron chi connectivity index (χ2n) is 5.96. The summed E-state index contributed by atoms with van der Waals surface area (Å²) < 4.78 is 0. The number of aromatic nitrogens is 1. The van der Waals surface area contributed by atoms with Crippen LogP contribution in [0, 0.1) is 0 Å². The molecule has 1 heterocycles. The van der Waals surface area contributed by atoms with Crippen LogP contribution in [-0.2, 0) is 12.0 Å². The van der Waals surface area contributed by atoms with E-state index < -0.39 is 0 Å². The third-order valence-corrected chi connectivity index (χ3v) is 3.95. The number of hydrogen-bond donors (Lipinski definition) is 1. The van der Waals surface area contributed by atoms with Gasteiger partial charge in [0.25, 0.3) is 0 Å². The van der Waals surface area contributed by atoms with Crippen LogP contribution in [0.25, 0.3) is 0 Å². The Balaban J connectivity index is 3.14. The second kappa shape index (κ2) is 6.02. The number of hydrogen-bond acceptors (Lipinski definition) is 4. The van der Waals surface area contributed by atoms with Crippen molar-refractivity contribution in [2.75, 3.05) is 11.4 Å². The Hall–Kier alpha value is -0.610. The molecule has 0 aliphatic carbocycles. The number of aliphatic hydroxyl groups is 1. The predicted molar refractivity (Wildman–Crippen MR) is 79.5 cm³/mol. The summed E-state index contributed by atoms with van der Waals surface area (Å²) in [6.45, 7) is 14.1. The van der Waals surface area contributed by atoms with E-state index in [0.29, 0.717) is 6.04 Å². The van der Waals surface area contributed by atoms with Crippen molar-refractivity contribution >= 4 is 16.5 Å². The molecule has 3 nitrogen and oxygen atoms in total. The van der Waals surface area contributed by atoms with Gasteiger partial charge in [-0.25, -0.2) is 4.98 Å². The van der Waals surface area contributed by atoms with E-state index in [2.05, 4.69) is 46.4 Å². The molecule has 0 aliphatic rings. The average Bonchev–Trinajstić information content (AvgIpc) is 2.68. The first-order valence-corrected chi connectivity index (χ1v) is 7.50. The topological polar surface area (TPSA) is 36.4 Å².